The summed E-state index contributed by atoms with van der Waals surface area (Å²) < 4.78 is 29.1. The number of likely N-dealkylation sites (N-methyl/N-ethyl adjacent to an activating group) is 1. The van der Waals surface area contributed by atoms with Crippen LogP contribution in [0.15, 0.2) is 60.1 Å². The van der Waals surface area contributed by atoms with Gasteiger partial charge < -0.3 is 15.1 Å². The first-order valence-corrected chi connectivity index (χ1v) is 10.5. The predicted octanol–water partition coefficient (Wildman–Crippen LogP) is 2.54. The average Bonchev–Trinajstić information content (AvgIpc) is 3.24. The molecule has 2 heterocycles. The Morgan fingerprint density at radius 3 is 2.22 bits per heavy atom. The van der Waals surface area contributed by atoms with Gasteiger partial charge in [0.15, 0.2) is 11.5 Å². The normalized spacial score (nSPS) is 28.7. The molecule has 2 aromatic rings. The highest BCUT2D eigenvalue weighted by molar-refractivity contribution is 5.94. The van der Waals surface area contributed by atoms with E-state index in [1.807, 2.05) is 5.01 Å². The highest BCUT2D eigenvalue weighted by Crippen LogP contribution is 2.58. The van der Waals surface area contributed by atoms with Crippen LogP contribution in [-0.2, 0) is 23.2 Å². The molecule has 0 bridgehead atoms. The molecule has 4 aliphatic rings. The maximum atomic E-state index is 14.5. The van der Waals surface area contributed by atoms with Gasteiger partial charge in [0.25, 0.3) is 5.91 Å². The second kappa shape index (κ2) is 6.40. The van der Waals surface area contributed by atoms with Gasteiger partial charge in [-0.15, -0.1) is 0 Å². The van der Waals surface area contributed by atoms with E-state index >= 15 is 0 Å². The minimum absolute atomic E-state index is 0.0265. The van der Waals surface area contributed by atoms with E-state index in [4.69, 9.17) is 0 Å². The van der Waals surface area contributed by atoms with E-state index in [-0.39, 0.29) is 18.3 Å². The lowest BCUT2D eigenvalue weighted by Gasteiger charge is -2.53. The van der Waals surface area contributed by atoms with Gasteiger partial charge >= 0.3 is 0 Å². The molecule has 1 atom stereocenters. The minimum Gasteiger partial charge on any atom is -0.507 e. The van der Waals surface area contributed by atoms with Gasteiger partial charge in [-0.25, -0.2) is 8.78 Å². The summed E-state index contributed by atoms with van der Waals surface area (Å²) in [6, 6.07) is 9.40. The van der Waals surface area contributed by atoms with Crippen LogP contribution in [0.2, 0.25) is 0 Å². The van der Waals surface area contributed by atoms with E-state index in [1.165, 1.54) is 40.3 Å². The van der Waals surface area contributed by atoms with Crippen molar-refractivity contribution >= 4 is 5.91 Å². The fourth-order valence-corrected chi connectivity index (χ4v) is 5.93. The van der Waals surface area contributed by atoms with Crippen LogP contribution in [-0.4, -0.2) is 50.9 Å². The Balaban J connectivity index is 1.65. The minimum atomic E-state index is -1.30. The highest BCUT2D eigenvalue weighted by atomic mass is 19.1. The summed E-state index contributed by atoms with van der Waals surface area (Å²) in [5.41, 5.74) is 2.41. The second-order valence-electron chi connectivity index (χ2n) is 8.88. The zero-order chi connectivity index (χ0) is 22.4. The van der Waals surface area contributed by atoms with Gasteiger partial charge in [0.05, 0.1) is 12.2 Å². The molecule has 0 aromatic heterocycles. The number of hydrazine groups is 1. The highest BCUT2D eigenvalue weighted by Gasteiger charge is 2.60. The summed E-state index contributed by atoms with van der Waals surface area (Å²) in [6.07, 6.45) is 2.98. The molecule has 6 nitrogen and oxygen atoms in total. The van der Waals surface area contributed by atoms with E-state index in [2.05, 4.69) is 0 Å². The van der Waals surface area contributed by atoms with Crippen LogP contribution in [0.1, 0.15) is 22.3 Å². The molecule has 1 fully saturated rings. The van der Waals surface area contributed by atoms with Crippen molar-refractivity contribution in [3.63, 3.8) is 0 Å². The van der Waals surface area contributed by atoms with Crippen molar-refractivity contribution < 1.29 is 23.8 Å². The lowest BCUT2D eigenvalue weighted by atomic mass is 9.81. The van der Waals surface area contributed by atoms with Crippen molar-refractivity contribution in [2.24, 2.45) is 5.92 Å². The molecule has 0 radical (unpaired) electrons. The lowest BCUT2D eigenvalue weighted by Crippen LogP contribution is -2.64. The van der Waals surface area contributed by atoms with Crippen LogP contribution in [0, 0.1) is 17.6 Å². The lowest BCUT2D eigenvalue weighted by molar-refractivity contribution is -0.159. The van der Waals surface area contributed by atoms with Gasteiger partial charge in [-0.2, -0.15) is 5.01 Å². The fourth-order valence-electron chi connectivity index (χ4n) is 5.93. The van der Waals surface area contributed by atoms with Crippen LogP contribution in [0.25, 0.3) is 0 Å². The zero-order valence-corrected chi connectivity index (χ0v) is 17.3. The number of hydrogen-bond acceptors (Lipinski definition) is 5. The third kappa shape index (κ3) is 2.31. The molecular formula is C24H21F2N3O3. The number of carbonyl (C=O) groups is 1. The summed E-state index contributed by atoms with van der Waals surface area (Å²) >= 11 is 0. The first kappa shape index (κ1) is 19.5. The summed E-state index contributed by atoms with van der Waals surface area (Å²) in [7, 11) is 1.60. The number of aliphatic hydroxyl groups excluding tert-OH is 2. The van der Waals surface area contributed by atoms with E-state index in [1.54, 1.807) is 25.4 Å². The molecular weight excluding hydrogens is 416 g/mol. The SMILES string of the molecule is CN1CN(C23c4cc(F)ccc4CC2Cc2ccc(F)cc23)N2C=CC(O)C(O)=C2C1=O. The Morgan fingerprint density at radius 2 is 1.62 bits per heavy atom. The van der Waals surface area contributed by atoms with E-state index in [0.29, 0.717) is 12.8 Å². The number of nitrogens with zero attached hydrogens (tertiary/aromatic N) is 3. The largest absolute Gasteiger partial charge is 0.507 e. The van der Waals surface area contributed by atoms with Crippen molar-refractivity contribution in [2.45, 2.75) is 24.5 Å². The number of halogens is 2. The molecule has 0 saturated carbocycles. The Labute approximate surface area is 183 Å². The molecule has 2 aliphatic heterocycles. The van der Waals surface area contributed by atoms with Gasteiger partial charge in [-0.05, 0) is 71.4 Å². The zero-order valence-electron chi connectivity index (χ0n) is 17.3. The average molecular weight is 437 g/mol. The number of benzene rings is 2. The third-order valence-corrected chi connectivity index (χ3v) is 7.21. The topological polar surface area (TPSA) is 67.2 Å². The maximum absolute atomic E-state index is 14.5. The van der Waals surface area contributed by atoms with E-state index < -0.39 is 34.9 Å². The number of amides is 1. The van der Waals surface area contributed by atoms with Gasteiger partial charge in [0, 0.05) is 13.2 Å². The molecule has 2 N–H and O–H groups in total. The second-order valence-corrected chi connectivity index (χ2v) is 8.88. The van der Waals surface area contributed by atoms with E-state index in [0.717, 1.165) is 22.3 Å². The Hall–Kier alpha value is -3.23. The van der Waals surface area contributed by atoms with E-state index in [9.17, 15) is 23.8 Å². The number of rotatable bonds is 1. The summed E-state index contributed by atoms with van der Waals surface area (Å²) in [5.74, 6) is -1.69. The standard InChI is InChI=1S/C24H21F2N3O3/c1-27-12-29(28-7-6-20(30)22(31)21(28)23(27)32)24-15(8-13-2-4-16(25)10-18(13)24)9-14-3-5-17(26)11-19(14)24/h2-7,10-11,15,20,30-31H,8-9,12H2,1H3. The van der Waals surface area contributed by atoms with Crippen LogP contribution in [0.5, 0.6) is 0 Å². The Morgan fingerprint density at radius 1 is 1.03 bits per heavy atom. The predicted molar refractivity (Wildman–Crippen MR) is 111 cm³/mol. The molecule has 8 heteroatoms. The van der Waals surface area contributed by atoms with Crippen LogP contribution < -0.4 is 0 Å². The van der Waals surface area contributed by atoms with Gasteiger partial charge in [-0.1, -0.05) is 12.1 Å². The quantitative estimate of drug-likeness (QED) is 0.718. The molecule has 2 aliphatic carbocycles. The monoisotopic (exact) mass is 437 g/mol. The van der Waals surface area contributed by atoms with Crippen molar-refractivity contribution in [2.75, 3.05) is 13.7 Å². The van der Waals surface area contributed by atoms with Crippen molar-refractivity contribution in [3.8, 4) is 0 Å². The molecule has 0 spiro atoms. The van der Waals surface area contributed by atoms with Crippen molar-refractivity contribution in [1.29, 1.82) is 0 Å². The molecule has 32 heavy (non-hydrogen) atoms. The first-order valence-electron chi connectivity index (χ1n) is 10.5. The maximum Gasteiger partial charge on any atom is 0.276 e. The number of carbonyl (C=O) groups excluding carboxylic acids is 1. The molecule has 164 valence electrons. The summed E-state index contributed by atoms with van der Waals surface area (Å²) in [6.45, 7) is 0.137. The number of fused-ring (bicyclic) bond motifs is 6. The number of aliphatic hydroxyl groups is 2. The van der Waals surface area contributed by atoms with Gasteiger partial charge in [0.1, 0.15) is 17.7 Å². The van der Waals surface area contributed by atoms with Crippen LogP contribution >= 0.6 is 0 Å². The molecule has 1 saturated heterocycles. The van der Waals surface area contributed by atoms with Gasteiger partial charge in [0.2, 0.25) is 0 Å². The Kier molecular flexibility index (Phi) is 3.89. The molecule has 1 amide bonds. The Bertz CT molecular complexity index is 1190. The van der Waals surface area contributed by atoms with Crippen LogP contribution in [0.3, 0.4) is 0 Å². The van der Waals surface area contributed by atoms with Crippen molar-refractivity contribution in [3.05, 3.63) is 94.0 Å². The van der Waals surface area contributed by atoms with Crippen molar-refractivity contribution in [1.82, 2.24) is 14.9 Å². The smallest absolute Gasteiger partial charge is 0.276 e. The molecule has 1 unspecified atom stereocenters. The number of hydrogen-bond donors (Lipinski definition) is 2. The fraction of sp³-hybridized carbons (Fsp3) is 0.292. The van der Waals surface area contributed by atoms with Crippen LogP contribution in [0.4, 0.5) is 8.78 Å². The summed E-state index contributed by atoms with van der Waals surface area (Å²) in [5, 5.41) is 24.1. The summed E-state index contributed by atoms with van der Waals surface area (Å²) in [4.78, 5) is 14.4. The first-order chi connectivity index (χ1) is 15.3. The molecule has 2 aromatic carbocycles. The third-order valence-electron chi connectivity index (χ3n) is 7.21. The van der Waals surface area contributed by atoms with Gasteiger partial charge in [-0.3, -0.25) is 9.80 Å². The molecule has 6 rings (SSSR count).